The van der Waals surface area contributed by atoms with Crippen molar-refractivity contribution >= 4 is 14.0 Å². The summed E-state index contributed by atoms with van der Waals surface area (Å²) in [6, 6.07) is 20.2. The fourth-order valence-electron chi connectivity index (χ4n) is 4.89. The monoisotopic (exact) mass is 452 g/mol. The number of hydrogen-bond donors (Lipinski definition) is 1. The Morgan fingerprint density at radius 2 is 1.53 bits per heavy atom. The van der Waals surface area contributed by atoms with Gasteiger partial charge in [0.1, 0.15) is 0 Å². The molecule has 0 amide bonds. The molecule has 0 radical (unpaired) electrons. The summed E-state index contributed by atoms with van der Waals surface area (Å²) < 4.78 is 7.19. The van der Waals surface area contributed by atoms with Gasteiger partial charge in [-0.25, -0.2) is 0 Å². The molecule has 1 heterocycles. The molecule has 4 heteroatoms. The van der Waals surface area contributed by atoms with Crippen LogP contribution < -0.4 is 5.73 Å². The van der Waals surface area contributed by atoms with Gasteiger partial charge >= 0.3 is 0 Å². The lowest BCUT2D eigenvalue weighted by Crippen LogP contribution is -2.53. The summed E-state index contributed by atoms with van der Waals surface area (Å²) in [5.41, 5.74) is 9.49. The summed E-state index contributed by atoms with van der Waals surface area (Å²) in [4.78, 5) is 2.76. The van der Waals surface area contributed by atoms with Gasteiger partial charge in [0.15, 0.2) is 8.32 Å². The Labute approximate surface area is 197 Å². The zero-order valence-corrected chi connectivity index (χ0v) is 22.5. The lowest BCUT2D eigenvalue weighted by Gasteiger charge is -2.47. The number of anilines is 1. The predicted molar refractivity (Wildman–Crippen MR) is 140 cm³/mol. The first-order valence-electron chi connectivity index (χ1n) is 12.2. The molecule has 1 fully saturated rings. The van der Waals surface area contributed by atoms with Gasteiger partial charge in [-0.2, -0.15) is 0 Å². The van der Waals surface area contributed by atoms with Crippen molar-refractivity contribution in [1.82, 2.24) is 4.90 Å². The van der Waals surface area contributed by atoms with Gasteiger partial charge in [-0.05, 0) is 81.4 Å². The molecule has 32 heavy (non-hydrogen) atoms. The zero-order chi connectivity index (χ0) is 23.7. The van der Waals surface area contributed by atoms with Crippen LogP contribution in [0.1, 0.15) is 71.6 Å². The summed E-state index contributed by atoms with van der Waals surface area (Å²) in [6.07, 6.45) is 3.49. The quantitative estimate of drug-likeness (QED) is 0.372. The molecule has 3 nitrogen and oxygen atoms in total. The van der Waals surface area contributed by atoms with Crippen molar-refractivity contribution in [2.75, 3.05) is 5.73 Å². The van der Waals surface area contributed by atoms with Crippen molar-refractivity contribution in [3.63, 3.8) is 0 Å². The van der Waals surface area contributed by atoms with Crippen molar-refractivity contribution in [1.29, 1.82) is 0 Å². The molecule has 2 aromatic rings. The van der Waals surface area contributed by atoms with E-state index in [4.69, 9.17) is 10.2 Å². The van der Waals surface area contributed by atoms with Crippen LogP contribution in [-0.2, 0) is 10.8 Å². The fraction of sp³-hybridized carbons (Fsp3) is 0.571. The van der Waals surface area contributed by atoms with Gasteiger partial charge in [-0.1, -0.05) is 63.2 Å². The first-order valence-corrected chi connectivity index (χ1v) is 15.1. The van der Waals surface area contributed by atoms with E-state index >= 15 is 0 Å². The van der Waals surface area contributed by atoms with Crippen LogP contribution >= 0.6 is 0 Å². The topological polar surface area (TPSA) is 38.5 Å². The minimum atomic E-state index is -1.95. The lowest BCUT2D eigenvalue weighted by molar-refractivity contribution is 0.00731. The average Bonchev–Trinajstić information content (AvgIpc) is 3.11. The van der Waals surface area contributed by atoms with E-state index in [1.807, 2.05) is 12.1 Å². The summed E-state index contributed by atoms with van der Waals surface area (Å²) in [5.74, 6) is 0. The molecule has 0 bridgehead atoms. The van der Waals surface area contributed by atoms with E-state index < -0.39 is 8.32 Å². The molecule has 1 saturated heterocycles. The zero-order valence-electron chi connectivity index (χ0n) is 21.5. The Balaban J connectivity index is 1.96. The Hall–Kier alpha value is -1.62. The molecule has 3 atom stereocenters. The van der Waals surface area contributed by atoms with Crippen LogP contribution in [0.2, 0.25) is 18.1 Å². The molecular formula is C28H44N2OSi. The van der Waals surface area contributed by atoms with Crippen LogP contribution in [0.3, 0.4) is 0 Å². The van der Waals surface area contributed by atoms with E-state index in [1.54, 1.807) is 0 Å². The maximum atomic E-state index is 7.19. The third-order valence-corrected chi connectivity index (χ3v) is 11.9. The highest BCUT2D eigenvalue weighted by Crippen LogP contribution is 2.45. The highest BCUT2D eigenvalue weighted by Gasteiger charge is 2.47. The summed E-state index contributed by atoms with van der Waals surface area (Å²) >= 11 is 0. The van der Waals surface area contributed by atoms with Crippen LogP contribution in [0.4, 0.5) is 5.69 Å². The second-order valence-corrected chi connectivity index (χ2v) is 16.8. The molecule has 0 saturated carbocycles. The standard InChI is InChI=1S/C28H44N2OSi/c1-27(2,3)30-24(20-21-14-16-23(29)17-15-21)18-19-25(30)26(22-12-10-9-11-13-22)31-32(7,8)28(4,5)6/h9-17,24-26H,18-20,29H2,1-8H3/t24?,25-,26-/m1/s1. The number of likely N-dealkylation sites (tertiary alicyclic amines) is 1. The van der Waals surface area contributed by atoms with Crippen molar-refractivity contribution in [3.8, 4) is 0 Å². The molecule has 1 unspecified atom stereocenters. The van der Waals surface area contributed by atoms with Crippen molar-refractivity contribution < 1.29 is 4.43 Å². The number of benzene rings is 2. The minimum Gasteiger partial charge on any atom is -0.408 e. The molecule has 2 aromatic carbocycles. The number of hydrogen-bond acceptors (Lipinski definition) is 3. The second-order valence-electron chi connectivity index (χ2n) is 12.0. The lowest BCUT2D eigenvalue weighted by atomic mass is 9.95. The molecule has 1 aliphatic rings. The van der Waals surface area contributed by atoms with Crippen molar-refractivity contribution in [2.45, 2.75) is 103 Å². The molecule has 1 aliphatic heterocycles. The maximum Gasteiger partial charge on any atom is 0.192 e. The number of nitrogen functional groups attached to an aromatic ring is 1. The molecule has 2 N–H and O–H groups in total. The first kappa shape index (κ1) is 25.0. The Morgan fingerprint density at radius 3 is 2.06 bits per heavy atom. The van der Waals surface area contributed by atoms with E-state index in [2.05, 4.69) is 102 Å². The second kappa shape index (κ2) is 9.32. The summed E-state index contributed by atoms with van der Waals surface area (Å²) in [5, 5.41) is 0.175. The van der Waals surface area contributed by atoms with Crippen LogP contribution in [0.25, 0.3) is 0 Å². The molecule has 0 aliphatic carbocycles. The Morgan fingerprint density at radius 1 is 0.938 bits per heavy atom. The normalized spacial score (nSPS) is 21.6. The number of nitrogens with zero attached hydrogens (tertiary/aromatic N) is 1. The van der Waals surface area contributed by atoms with Gasteiger partial charge in [-0.15, -0.1) is 0 Å². The minimum absolute atomic E-state index is 0.0590. The highest BCUT2D eigenvalue weighted by atomic mass is 28.4. The van der Waals surface area contributed by atoms with Crippen LogP contribution in [-0.4, -0.2) is 30.8 Å². The third kappa shape index (κ3) is 5.65. The van der Waals surface area contributed by atoms with E-state index in [1.165, 1.54) is 17.5 Å². The predicted octanol–water partition coefficient (Wildman–Crippen LogP) is 7.21. The largest absolute Gasteiger partial charge is 0.408 e. The van der Waals surface area contributed by atoms with Gasteiger partial charge in [0.05, 0.1) is 6.10 Å². The van der Waals surface area contributed by atoms with E-state index in [0.29, 0.717) is 12.1 Å². The van der Waals surface area contributed by atoms with Crippen molar-refractivity contribution in [2.24, 2.45) is 0 Å². The molecule has 0 spiro atoms. The molecule has 0 aromatic heterocycles. The molecule has 176 valence electrons. The summed E-state index contributed by atoms with van der Waals surface area (Å²) in [6.45, 7) is 18.8. The van der Waals surface area contributed by atoms with Gasteiger partial charge < -0.3 is 10.2 Å². The highest BCUT2D eigenvalue weighted by molar-refractivity contribution is 6.74. The smallest absolute Gasteiger partial charge is 0.192 e. The maximum absolute atomic E-state index is 7.19. The van der Waals surface area contributed by atoms with Gasteiger partial charge in [0, 0.05) is 23.3 Å². The van der Waals surface area contributed by atoms with Gasteiger partial charge in [-0.3, -0.25) is 4.90 Å². The van der Waals surface area contributed by atoms with Crippen LogP contribution in [0.15, 0.2) is 54.6 Å². The third-order valence-electron chi connectivity index (χ3n) is 7.48. The van der Waals surface area contributed by atoms with Crippen LogP contribution in [0.5, 0.6) is 0 Å². The Bertz CT molecular complexity index is 865. The van der Waals surface area contributed by atoms with Gasteiger partial charge in [0.2, 0.25) is 0 Å². The SMILES string of the molecule is CC(C)(C)N1C(Cc2ccc(N)cc2)CC[C@@H]1[C@H](O[Si](C)(C)C(C)(C)C)c1ccccc1. The summed E-state index contributed by atoms with van der Waals surface area (Å²) in [7, 11) is -1.95. The van der Waals surface area contributed by atoms with E-state index in [0.717, 1.165) is 18.5 Å². The molecule has 3 rings (SSSR count). The molecular weight excluding hydrogens is 408 g/mol. The van der Waals surface area contributed by atoms with Crippen molar-refractivity contribution in [3.05, 3.63) is 65.7 Å². The van der Waals surface area contributed by atoms with Crippen LogP contribution in [0, 0.1) is 0 Å². The first-order chi connectivity index (χ1) is 14.8. The van der Waals surface area contributed by atoms with Gasteiger partial charge in [0.25, 0.3) is 0 Å². The number of rotatable bonds is 6. The van der Waals surface area contributed by atoms with E-state index in [9.17, 15) is 0 Å². The average molecular weight is 453 g/mol. The van der Waals surface area contributed by atoms with E-state index in [-0.39, 0.29) is 16.7 Å². The fourth-order valence-corrected chi connectivity index (χ4v) is 6.17. The Kier molecular flexibility index (Phi) is 7.28. The number of nitrogens with two attached hydrogens (primary N) is 1.